The topological polar surface area (TPSA) is 12.9 Å². The molecule has 7 aromatic rings. The first-order valence-corrected chi connectivity index (χ1v) is 14.5. The average molecular weight is 514 g/mol. The molecule has 192 valence electrons. The molecule has 1 heteroatoms. The zero-order valence-corrected chi connectivity index (χ0v) is 23.3. The van der Waals surface area contributed by atoms with E-state index in [0.29, 0.717) is 0 Å². The van der Waals surface area contributed by atoms with Crippen LogP contribution in [0.5, 0.6) is 0 Å². The molecule has 1 aromatic heterocycles. The first-order valence-electron chi connectivity index (χ1n) is 14.5. The standard InChI is InChI=1S/C39H31N/c1-4-39(5-2)34-19-18-31-29-16-14-24(3)22-33(29)28-12-8-9-13-30(28)36(31)37(34)32-17-15-26(23-35(32)39)38-27-11-7-6-10-25(27)20-21-40-38/h6-23H,4-5H2,1-3H3. The molecule has 0 unspecified atom stereocenters. The predicted molar refractivity (Wildman–Crippen MR) is 171 cm³/mol. The van der Waals surface area contributed by atoms with E-state index in [2.05, 4.69) is 124 Å². The third-order valence-electron chi connectivity index (χ3n) is 9.63. The highest BCUT2D eigenvalue weighted by molar-refractivity contribution is 6.29. The quantitative estimate of drug-likeness (QED) is 0.214. The maximum atomic E-state index is 4.88. The van der Waals surface area contributed by atoms with Crippen LogP contribution < -0.4 is 0 Å². The van der Waals surface area contributed by atoms with Crippen molar-refractivity contribution in [1.29, 1.82) is 0 Å². The average Bonchev–Trinajstić information content (AvgIpc) is 3.30. The Morgan fingerprint density at radius 2 is 1.30 bits per heavy atom. The SMILES string of the molecule is CCC1(CC)c2cc(-c3nccc4ccccc34)ccc2-c2c1ccc1c3ccc(C)cc3c3ccccc3c21. The lowest BCUT2D eigenvalue weighted by Crippen LogP contribution is -2.23. The molecule has 6 aromatic carbocycles. The summed E-state index contributed by atoms with van der Waals surface area (Å²) in [5, 5.41) is 10.5. The minimum absolute atomic E-state index is 0.0250. The van der Waals surface area contributed by atoms with Crippen LogP contribution in [0, 0.1) is 6.92 Å². The molecule has 0 atom stereocenters. The van der Waals surface area contributed by atoms with E-state index in [1.807, 2.05) is 6.20 Å². The maximum Gasteiger partial charge on any atom is 0.0780 e. The van der Waals surface area contributed by atoms with Crippen LogP contribution in [0.2, 0.25) is 0 Å². The number of benzene rings is 6. The van der Waals surface area contributed by atoms with Crippen molar-refractivity contribution in [3.8, 4) is 22.4 Å². The number of aryl methyl sites for hydroxylation is 1. The Balaban J connectivity index is 1.50. The second kappa shape index (κ2) is 8.50. The van der Waals surface area contributed by atoms with Gasteiger partial charge in [-0.2, -0.15) is 0 Å². The Morgan fingerprint density at radius 3 is 2.12 bits per heavy atom. The summed E-state index contributed by atoms with van der Waals surface area (Å²) in [4.78, 5) is 4.88. The molecule has 0 aliphatic heterocycles. The lowest BCUT2D eigenvalue weighted by molar-refractivity contribution is 0.491. The Kier molecular flexibility index (Phi) is 4.97. The Morgan fingerprint density at radius 1 is 0.600 bits per heavy atom. The number of hydrogen-bond acceptors (Lipinski definition) is 1. The second-order valence-corrected chi connectivity index (χ2v) is 11.4. The van der Waals surface area contributed by atoms with E-state index < -0.39 is 0 Å². The van der Waals surface area contributed by atoms with Crippen LogP contribution in [0.15, 0.2) is 109 Å². The molecule has 8 rings (SSSR count). The van der Waals surface area contributed by atoms with E-state index in [9.17, 15) is 0 Å². The molecule has 0 N–H and O–H groups in total. The van der Waals surface area contributed by atoms with Gasteiger partial charge in [-0.1, -0.05) is 110 Å². The third kappa shape index (κ3) is 3.01. The zero-order chi connectivity index (χ0) is 27.0. The van der Waals surface area contributed by atoms with Crippen molar-refractivity contribution in [2.45, 2.75) is 39.0 Å². The van der Waals surface area contributed by atoms with Gasteiger partial charge in [0, 0.05) is 22.6 Å². The van der Waals surface area contributed by atoms with E-state index in [1.165, 1.54) is 76.5 Å². The van der Waals surface area contributed by atoms with Crippen LogP contribution >= 0.6 is 0 Å². The molecule has 0 saturated carbocycles. The molecule has 1 aliphatic carbocycles. The lowest BCUT2D eigenvalue weighted by Gasteiger charge is -2.30. The third-order valence-corrected chi connectivity index (χ3v) is 9.63. The molecular formula is C39H31N. The van der Waals surface area contributed by atoms with E-state index in [4.69, 9.17) is 4.98 Å². The minimum atomic E-state index is -0.0250. The summed E-state index contributed by atoms with van der Waals surface area (Å²) in [5.41, 5.74) is 9.26. The number of fused-ring (bicyclic) bond motifs is 11. The van der Waals surface area contributed by atoms with Gasteiger partial charge in [0.25, 0.3) is 0 Å². The Bertz CT molecular complexity index is 2120. The highest BCUT2D eigenvalue weighted by atomic mass is 14.7. The Labute approximate surface area is 235 Å². The van der Waals surface area contributed by atoms with Crippen molar-refractivity contribution in [1.82, 2.24) is 4.98 Å². The normalized spacial score (nSPS) is 13.8. The van der Waals surface area contributed by atoms with Gasteiger partial charge in [-0.3, -0.25) is 4.98 Å². The van der Waals surface area contributed by atoms with Crippen molar-refractivity contribution >= 4 is 43.1 Å². The summed E-state index contributed by atoms with van der Waals surface area (Å²) in [7, 11) is 0. The van der Waals surface area contributed by atoms with Crippen molar-refractivity contribution in [3.05, 3.63) is 126 Å². The molecule has 0 saturated heterocycles. The van der Waals surface area contributed by atoms with Crippen molar-refractivity contribution in [2.75, 3.05) is 0 Å². The van der Waals surface area contributed by atoms with Gasteiger partial charge in [-0.25, -0.2) is 0 Å². The largest absolute Gasteiger partial charge is 0.256 e. The molecular weight excluding hydrogens is 482 g/mol. The highest BCUT2D eigenvalue weighted by Crippen LogP contribution is 2.57. The van der Waals surface area contributed by atoms with Gasteiger partial charge in [0.05, 0.1) is 5.69 Å². The van der Waals surface area contributed by atoms with Crippen LogP contribution in [0.4, 0.5) is 0 Å². The Hall–Kier alpha value is -4.49. The molecule has 0 spiro atoms. The summed E-state index contributed by atoms with van der Waals surface area (Å²) >= 11 is 0. The van der Waals surface area contributed by atoms with Crippen LogP contribution in [0.3, 0.4) is 0 Å². The summed E-state index contributed by atoms with van der Waals surface area (Å²) in [5.74, 6) is 0. The van der Waals surface area contributed by atoms with E-state index in [-0.39, 0.29) is 5.41 Å². The second-order valence-electron chi connectivity index (χ2n) is 11.4. The number of rotatable bonds is 3. The van der Waals surface area contributed by atoms with Crippen molar-refractivity contribution in [3.63, 3.8) is 0 Å². The summed E-state index contributed by atoms with van der Waals surface area (Å²) < 4.78 is 0. The summed E-state index contributed by atoms with van der Waals surface area (Å²) in [6.07, 6.45) is 4.07. The molecule has 1 nitrogen and oxygen atoms in total. The zero-order valence-electron chi connectivity index (χ0n) is 23.3. The van der Waals surface area contributed by atoms with Crippen LogP contribution in [0.1, 0.15) is 43.4 Å². The van der Waals surface area contributed by atoms with E-state index in [1.54, 1.807) is 0 Å². The van der Waals surface area contributed by atoms with Gasteiger partial charge in [-0.05, 0) is 91.9 Å². The number of aromatic nitrogens is 1. The molecule has 0 radical (unpaired) electrons. The van der Waals surface area contributed by atoms with Gasteiger partial charge in [0.15, 0.2) is 0 Å². The van der Waals surface area contributed by atoms with Crippen LogP contribution in [-0.2, 0) is 5.41 Å². The summed E-state index contributed by atoms with van der Waals surface area (Å²) in [6.45, 7) is 6.91. The monoisotopic (exact) mass is 513 g/mol. The minimum Gasteiger partial charge on any atom is -0.256 e. The molecule has 1 heterocycles. The number of nitrogens with zero attached hydrogens (tertiary/aromatic N) is 1. The highest BCUT2D eigenvalue weighted by Gasteiger charge is 2.42. The first kappa shape index (κ1) is 23.4. The number of pyridine rings is 1. The molecule has 0 bridgehead atoms. The van der Waals surface area contributed by atoms with Crippen LogP contribution in [-0.4, -0.2) is 4.98 Å². The molecule has 0 amide bonds. The summed E-state index contributed by atoms with van der Waals surface area (Å²) in [6, 6.07) is 38.6. The van der Waals surface area contributed by atoms with E-state index >= 15 is 0 Å². The predicted octanol–water partition coefficient (Wildman–Crippen LogP) is 10.8. The fraction of sp³-hybridized carbons (Fsp3) is 0.154. The molecule has 40 heavy (non-hydrogen) atoms. The maximum absolute atomic E-state index is 4.88. The van der Waals surface area contributed by atoms with Crippen molar-refractivity contribution in [2.24, 2.45) is 0 Å². The number of hydrogen-bond donors (Lipinski definition) is 0. The molecule has 0 fully saturated rings. The first-order chi connectivity index (χ1) is 19.6. The lowest BCUT2D eigenvalue weighted by atomic mass is 9.73. The van der Waals surface area contributed by atoms with Crippen molar-refractivity contribution < 1.29 is 0 Å². The smallest absolute Gasteiger partial charge is 0.0780 e. The van der Waals surface area contributed by atoms with E-state index in [0.717, 1.165) is 18.5 Å². The van der Waals surface area contributed by atoms with Gasteiger partial charge >= 0.3 is 0 Å². The van der Waals surface area contributed by atoms with Gasteiger partial charge in [0.2, 0.25) is 0 Å². The molecule has 1 aliphatic rings. The van der Waals surface area contributed by atoms with Gasteiger partial charge < -0.3 is 0 Å². The fourth-order valence-corrected chi connectivity index (χ4v) is 7.65. The van der Waals surface area contributed by atoms with Gasteiger partial charge in [0.1, 0.15) is 0 Å². The van der Waals surface area contributed by atoms with Crippen LogP contribution in [0.25, 0.3) is 65.5 Å². The van der Waals surface area contributed by atoms with Gasteiger partial charge in [-0.15, -0.1) is 0 Å². The fourth-order valence-electron chi connectivity index (χ4n) is 7.65.